The molecular weight excluding hydrogens is 490 g/mol. The molecule has 0 saturated heterocycles. The number of thiophene rings is 1. The first-order valence-corrected chi connectivity index (χ1v) is 10.8. The number of H-pyrrole nitrogens is 1. The molecular formula is C16H10BrF4NO4S2. The number of rotatable bonds is 6. The molecule has 0 fully saturated rings. The van der Waals surface area contributed by atoms with Gasteiger partial charge in [-0.25, -0.2) is 26.0 Å². The highest BCUT2D eigenvalue weighted by Gasteiger charge is 2.30. The van der Waals surface area contributed by atoms with Gasteiger partial charge in [-0.2, -0.15) is 0 Å². The molecule has 0 radical (unpaired) electrons. The smallest absolute Gasteiger partial charge is 0.307 e. The molecule has 1 aromatic carbocycles. The monoisotopic (exact) mass is 499 g/mol. The molecule has 0 bridgehead atoms. The van der Waals surface area contributed by atoms with Crippen LogP contribution in [0.2, 0.25) is 0 Å². The Labute approximate surface area is 168 Å². The van der Waals surface area contributed by atoms with Crippen molar-refractivity contribution < 1.29 is 35.9 Å². The average Bonchev–Trinajstić information content (AvgIpc) is 3.24. The molecule has 0 amide bonds. The van der Waals surface area contributed by atoms with Gasteiger partial charge in [0.2, 0.25) is 0 Å². The van der Waals surface area contributed by atoms with Crippen LogP contribution in [0, 0.1) is 29.2 Å². The van der Waals surface area contributed by atoms with Crippen molar-refractivity contribution in [2.24, 2.45) is 5.92 Å². The van der Waals surface area contributed by atoms with Crippen molar-refractivity contribution in [1.29, 1.82) is 0 Å². The fourth-order valence-electron chi connectivity index (χ4n) is 2.76. The van der Waals surface area contributed by atoms with Crippen molar-refractivity contribution in [1.82, 2.24) is 4.98 Å². The lowest BCUT2D eigenvalue weighted by Gasteiger charge is -2.12. The van der Waals surface area contributed by atoms with E-state index in [1.165, 1.54) is 12.1 Å². The molecule has 28 heavy (non-hydrogen) atoms. The minimum atomic E-state index is -3.98. The van der Waals surface area contributed by atoms with Crippen LogP contribution in [0.4, 0.5) is 17.6 Å². The van der Waals surface area contributed by atoms with Crippen molar-refractivity contribution in [2.45, 2.75) is 10.6 Å². The molecule has 0 aliphatic carbocycles. The van der Waals surface area contributed by atoms with Gasteiger partial charge in [-0.15, -0.1) is 11.3 Å². The van der Waals surface area contributed by atoms with Gasteiger partial charge in [0.25, 0.3) is 0 Å². The minimum absolute atomic E-state index is 0.0603. The zero-order chi connectivity index (χ0) is 20.8. The number of benzene rings is 1. The number of sulfone groups is 1. The molecule has 3 aromatic rings. The summed E-state index contributed by atoms with van der Waals surface area (Å²) < 4.78 is 80.2. The number of carboxylic acids is 1. The second-order valence-corrected chi connectivity index (χ2v) is 10.6. The second kappa shape index (κ2) is 7.48. The molecule has 5 nitrogen and oxygen atoms in total. The van der Waals surface area contributed by atoms with E-state index in [4.69, 9.17) is 0 Å². The third kappa shape index (κ3) is 3.67. The van der Waals surface area contributed by atoms with Crippen LogP contribution in [0.3, 0.4) is 0 Å². The zero-order valence-corrected chi connectivity index (χ0v) is 16.8. The third-order valence-electron chi connectivity index (χ3n) is 4.07. The van der Waals surface area contributed by atoms with E-state index in [0.29, 0.717) is 3.79 Å². The average molecular weight is 500 g/mol. The van der Waals surface area contributed by atoms with Crippen molar-refractivity contribution in [3.8, 4) is 0 Å². The zero-order valence-electron chi connectivity index (χ0n) is 13.6. The second-order valence-electron chi connectivity index (χ2n) is 5.90. The van der Waals surface area contributed by atoms with Gasteiger partial charge in [0.1, 0.15) is 4.21 Å². The lowest BCUT2D eigenvalue weighted by atomic mass is 10.00. The van der Waals surface area contributed by atoms with Gasteiger partial charge in [0, 0.05) is 11.6 Å². The Hall–Kier alpha value is -1.92. The number of aromatic nitrogens is 1. The molecule has 2 heterocycles. The SMILES string of the molecule is O=C(O)[C@H](Cc1c[nH]c2c(F)c(F)c(F)c(F)c12)CS(=O)(=O)c1ccc(Br)s1. The van der Waals surface area contributed by atoms with Crippen LogP contribution in [0.5, 0.6) is 0 Å². The van der Waals surface area contributed by atoms with Crippen LogP contribution in [-0.4, -0.2) is 30.2 Å². The number of carbonyl (C=O) groups is 1. The summed E-state index contributed by atoms with van der Waals surface area (Å²) in [6.07, 6.45) is 0.461. The van der Waals surface area contributed by atoms with Gasteiger partial charge in [-0.3, -0.25) is 4.79 Å². The van der Waals surface area contributed by atoms with E-state index in [9.17, 15) is 35.9 Å². The number of hydrogen-bond acceptors (Lipinski definition) is 4. The van der Waals surface area contributed by atoms with E-state index in [1.807, 2.05) is 0 Å². The van der Waals surface area contributed by atoms with Gasteiger partial charge in [-0.05, 0) is 40.0 Å². The molecule has 0 saturated carbocycles. The van der Waals surface area contributed by atoms with E-state index in [-0.39, 0.29) is 9.77 Å². The maximum Gasteiger partial charge on any atom is 0.307 e. The van der Waals surface area contributed by atoms with Gasteiger partial charge in [0.15, 0.2) is 33.1 Å². The number of aromatic amines is 1. The molecule has 0 unspecified atom stereocenters. The van der Waals surface area contributed by atoms with E-state index >= 15 is 0 Å². The van der Waals surface area contributed by atoms with E-state index < -0.39 is 68.1 Å². The van der Waals surface area contributed by atoms with Crippen molar-refractivity contribution in [2.75, 3.05) is 5.75 Å². The summed E-state index contributed by atoms with van der Waals surface area (Å²) >= 11 is 4.01. The van der Waals surface area contributed by atoms with Crippen LogP contribution in [0.1, 0.15) is 5.56 Å². The Morgan fingerprint density at radius 2 is 1.79 bits per heavy atom. The predicted octanol–water partition coefficient (Wildman–Crippen LogP) is 4.27. The molecule has 150 valence electrons. The van der Waals surface area contributed by atoms with Gasteiger partial charge in [0.05, 0.1) is 21.0 Å². The predicted molar refractivity (Wildman–Crippen MR) is 97.0 cm³/mol. The number of hydrogen-bond donors (Lipinski definition) is 2. The number of aliphatic carboxylic acids is 1. The summed E-state index contributed by atoms with van der Waals surface area (Å²) in [6, 6.07) is 2.80. The molecule has 2 aromatic heterocycles. The number of halogens is 5. The van der Waals surface area contributed by atoms with E-state index in [2.05, 4.69) is 20.9 Å². The van der Waals surface area contributed by atoms with Crippen molar-refractivity contribution >= 4 is 54.0 Å². The maximum absolute atomic E-state index is 14.1. The Kier molecular flexibility index (Phi) is 5.56. The quantitative estimate of drug-likeness (QED) is 0.301. The highest BCUT2D eigenvalue weighted by Crippen LogP contribution is 2.32. The molecule has 2 N–H and O–H groups in total. The summed E-state index contributed by atoms with van der Waals surface area (Å²) in [4.78, 5) is 13.8. The molecule has 3 rings (SSSR count). The molecule has 12 heteroatoms. The summed E-state index contributed by atoms with van der Waals surface area (Å²) in [6.45, 7) is 0. The van der Waals surface area contributed by atoms with E-state index in [0.717, 1.165) is 17.5 Å². The van der Waals surface area contributed by atoms with Crippen LogP contribution >= 0.6 is 27.3 Å². The van der Waals surface area contributed by atoms with Crippen LogP contribution < -0.4 is 0 Å². The first kappa shape index (κ1) is 20.8. The summed E-state index contributed by atoms with van der Waals surface area (Å²) in [7, 11) is -3.98. The maximum atomic E-state index is 14.1. The Balaban J connectivity index is 1.99. The summed E-state index contributed by atoms with van der Waals surface area (Å²) in [5.41, 5.74) is -0.846. The molecule has 0 aliphatic rings. The molecule has 0 aliphatic heterocycles. The van der Waals surface area contributed by atoms with Crippen LogP contribution in [-0.2, 0) is 21.1 Å². The van der Waals surface area contributed by atoms with E-state index in [1.54, 1.807) is 0 Å². The Bertz CT molecular complexity index is 1190. The normalized spacial score (nSPS) is 13.2. The number of nitrogens with one attached hydrogen (secondary N) is 1. The first-order valence-electron chi connectivity index (χ1n) is 7.55. The number of carboxylic acid groups (broad SMARTS) is 1. The fraction of sp³-hybridized carbons (Fsp3) is 0.188. The lowest BCUT2D eigenvalue weighted by molar-refractivity contribution is -0.140. The first-order chi connectivity index (χ1) is 13.0. The standard InChI is InChI=1S/C16H10BrF4NO4S2/c17-8-1-2-9(27-8)28(25,26)5-7(16(23)24)3-6-4-22-15-10(6)11(18)12(19)13(20)14(15)21/h1-2,4,7,22H,3,5H2,(H,23,24)/t7-/m1/s1. The highest BCUT2D eigenvalue weighted by atomic mass is 79.9. The fourth-order valence-corrected chi connectivity index (χ4v) is 6.41. The largest absolute Gasteiger partial charge is 0.481 e. The van der Waals surface area contributed by atoms with Crippen molar-refractivity contribution in [3.63, 3.8) is 0 Å². The molecule has 1 atom stereocenters. The lowest BCUT2D eigenvalue weighted by Crippen LogP contribution is -2.25. The van der Waals surface area contributed by atoms with Crippen LogP contribution in [0.25, 0.3) is 10.9 Å². The Morgan fingerprint density at radius 3 is 2.36 bits per heavy atom. The molecule has 0 spiro atoms. The van der Waals surface area contributed by atoms with Gasteiger partial charge >= 0.3 is 5.97 Å². The van der Waals surface area contributed by atoms with Gasteiger partial charge in [-0.1, -0.05) is 0 Å². The highest BCUT2D eigenvalue weighted by molar-refractivity contribution is 9.11. The van der Waals surface area contributed by atoms with Gasteiger partial charge < -0.3 is 10.1 Å². The Morgan fingerprint density at radius 1 is 1.14 bits per heavy atom. The van der Waals surface area contributed by atoms with Crippen molar-refractivity contribution in [3.05, 3.63) is 50.9 Å². The summed E-state index contributed by atoms with van der Waals surface area (Å²) in [5, 5.41) is 8.75. The number of fused-ring (bicyclic) bond motifs is 1. The minimum Gasteiger partial charge on any atom is -0.481 e. The topological polar surface area (TPSA) is 87.2 Å². The summed E-state index contributed by atoms with van der Waals surface area (Å²) in [5.74, 6) is -11.2. The van der Waals surface area contributed by atoms with Crippen LogP contribution in [0.15, 0.2) is 26.3 Å². The third-order valence-corrected chi connectivity index (χ3v) is 8.09.